The van der Waals surface area contributed by atoms with Gasteiger partial charge in [-0.15, -0.1) is 0 Å². The molecule has 0 saturated heterocycles. The highest BCUT2D eigenvalue weighted by molar-refractivity contribution is 4.84. The summed E-state index contributed by atoms with van der Waals surface area (Å²) in [7, 11) is 3.67. The van der Waals surface area contributed by atoms with Crippen LogP contribution < -0.4 is 21.7 Å². The zero-order chi connectivity index (χ0) is 80.0. The number of rotatable bonds is 9. The van der Waals surface area contributed by atoms with Crippen LogP contribution in [0.4, 0.5) is 0 Å². The van der Waals surface area contributed by atoms with Gasteiger partial charge in [0, 0.05) is 41.9 Å². The van der Waals surface area contributed by atoms with Crippen molar-refractivity contribution in [2.45, 2.75) is 476 Å². The van der Waals surface area contributed by atoms with Crippen LogP contribution in [0.25, 0.3) is 0 Å². The minimum Gasteiger partial charge on any atom is -0.379 e. The van der Waals surface area contributed by atoms with Gasteiger partial charge in [-0.25, -0.2) is 0 Å². The molecule has 0 aliphatic heterocycles. The van der Waals surface area contributed by atoms with E-state index in [4.69, 9.17) is 19.9 Å². The highest BCUT2D eigenvalue weighted by Gasteiger charge is 2.33. The summed E-state index contributed by atoms with van der Waals surface area (Å²) >= 11 is 0. The summed E-state index contributed by atoms with van der Waals surface area (Å²) in [5, 5.41) is 9.91. The third-order valence-corrected chi connectivity index (χ3v) is 12.9. The summed E-state index contributed by atoms with van der Waals surface area (Å²) in [6.45, 7) is 120. The van der Waals surface area contributed by atoms with E-state index >= 15 is 0 Å². The second-order valence-corrected chi connectivity index (χ2v) is 44.7. The van der Waals surface area contributed by atoms with Crippen molar-refractivity contribution in [2.75, 3.05) is 27.3 Å². The number of hydrogen-bond donors (Lipinski definition) is 4. The van der Waals surface area contributed by atoms with E-state index < -0.39 is 0 Å². The summed E-state index contributed by atoms with van der Waals surface area (Å²) in [6, 6.07) is 0.593. The molecule has 0 radical (unpaired) electrons. The number of methoxy groups -OCH3 is 1. The first-order chi connectivity index (χ1) is 40.8. The van der Waals surface area contributed by atoms with Crippen LogP contribution in [0.2, 0.25) is 0 Å². The summed E-state index contributed by atoms with van der Waals surface area (Å²) in [5.41, 5.74) is 9.56. The maximum absolute atomic E-state index is 5.49. The molecule has 2 saturated carbocycles. The Morgan fingerprint density at radius 2 is 0.716 bits per heavy atom. The van der Waals surface area contributed by atoms with Gasteiger partial charge < -0.3 is 35.9 Å². The van der Waals surface area contributed by atoms with E-state index in [1.807, 2.05) is 62.4 Å². The first-order valence-electron chi connectivity index (χ1n) is 38.6. The van der Waals surface area contributed by atoms with Crippen molar-refractivity contribution in [1.29, 1.82) is 0 Å². The SMILES string of the molecule is CC(C)(C)C.CC(C)(C)C1CC1.CC(C)(C)C1CCC1.CC(C)(C)N.CC(C)C(C)(C)C.CC(C)CC(C)(C)C.CC(C)CCC(C)(C)C.CC(C)CNC(C)(C)C.CC(C)COC(C)(C)C.CC(C)NC(C)(C)C.CC(C)OC(C)(C)C.CNC(C)(C)C.COC(C)(C)C. The van der Waals surface area contributed by atoms with Gasteiger partial charge in [0.15, 0.2) is 0 Å². The number of hydrogen-bond acceptors (Lipinski definition) is 7. The van der Waals surface area contributed by atoms with E-state index in [1.165, 1.54) is 51.4 Å². The average Bonchev–Trinajstić information content (AvgIpc) is 1.83. The normalized spacial score (nSPS) is 14.1. The standard InChI is InChI=1S/C9H20.C8H19N.C8H18O.C8H16.C8H18.C7H17N.C7H16O.C7H14.C7H16.C5H13N.C5H12O.C5H12.C4H11N/c1-8(2)6-7-9(3,4)5;2*1-7(2)6-9-8(3,4)5;1-8(2,3)7-5-4-6-7;1-7(2)6-8(3,4)5;2*1-6(2)8-7(3,4)5;1-7(2,3)6-4-5-6;1-6(2)7(3,4)5;2*1-5(2,3)6-4;1-5(2,3)4;1-4(2,3)5/h8H,6-7H2,1-5H3;7,9H,6H2,1-5H3;7H,6H2,1-5H3;7H,4-6H2,1-3H3;7H,6H2,1-5H3;6,8H,1-5H3;6H,1-5H3;6H,4-5H2,1-3H3;6H,1-5H3;6H,1-4H3;1-4H3;1-4H3;5H2,1-3H3. The molecule has 2 rings (SSSR count). The Morgan fingerprint density at radius 1 is 0.411 bits per heavy atom. The molecule has 2 aliphatic carbocycles. The zero-order valence-corrected chi connectivity index (χ0v) is 78.1. The lowest BCUT2D eigenvalue weighted by molar-refractivity contribution is -0.0425. The molecule has 7 nitrogen and oxygen atoms in total. The van der Waals surface area contributed by atoms with Gasteiger partial charge in [-0.05, 0) is 285 Å². The molecule has 0 aromatic rings. The largest absolute Gasteiger partial charge is 0.379 e. The van der Waals surface area contributed by atoms with E-state index in [2.05, 4.69) is 334 Å². The Labute approximate surface area is 610 Å². The summed E-state index contributed by atoms with van der Waals surface area (Å²) in [4.78, 5) is 0. The minimum absolute atomic E-state index is 0. The second-order valence-electron chi connectivity index (χ2n) is 44.7. The molecule has 0 unspecified atom stereocenters. The van der Waals surface area contributed by atoms with Crippen LogP contribution in [0, 0.1) is 73.9 Å². The molecule has 0 bridgehead atoms. The van der Waals surface area contributed by atoms with Gasteiger partial charge in [0.05, 0.1) is 22.9 Å². The fourth-order valence-electron chi connectivity index (χ4n) is 6.67. The summed E-state index contributed by atoms with van der Waals surface area (Å²) in [5.74, 6) is 5.98. The Hall–Kier alpha value is -0.280. The number of ether oxygens (including phenoxy) is 3. The van der Waals surface area contributed by atoms with Crippen molar-refractivity contribution in [2.24, 2.45) is 79.6 Å². The summed E-state index contributed by atoms with van der Waals surface area (Å²) < 4.78 is 15.9. The maximum atomic E-state index is 5.49. The Bertz CT molecular complexity index is 1420. The quantitative estimate of drug-likeness (QED) is 0.183. The first-order valence-corrected chi connectivity index (χ1v) is 38.6. The molecule has 0 aromatic heterocycles. The molecule has 5 N–H and O–H groups in total. The topological polar surface area (TPSA) is 89.8 Å². The molecule has 592 valence electrons. The molecule has 0 spiro atoms. The lowest BCUT2D eigenvalue weighted by atomic mass is 9.69. The highest BCUT2D eigenvalue weighted by Crippen LogP contribution is 2.44. The molecule has 2 fully saturated rings. The predicted octanol–water partition coefficient (Wildman–Crippen LogP) is 28.2. The van der Waals surface area contributed by atoms with E-state index in [9.17, 15) is 0 Å². The number of nitrogens with one attached hydrogen (secondary N) is 3. The lowest BCUT2D eigenvalue weighted by Gasteiger charge is -2.37. The molecular weight excluding hydrogens is 1160 g/mol. The molecule has 0 heterocycles. The third-order valence-electron chi connectivity index (χ3n) is 12.9. The fourth-order valence-corrected chi connectivity index (χ4v) is 6.67. The van der Waals surface area contributed by atoms with Gasteiger partial charge in [-0.3, -0.25) is 0 Å². The monoisotopic (exact) mass is 1360 g/mol. The molecule has 0 atom stereocenters. The fraction of sp³-hybridized carbons (Fsp3) is 1.00. The van der Waals surface area contributed by atoms with Gasteiger partial charge >= 0.3 is 0 Å². The number of nitrogens with two attached hydrogens (primary N) is 1. The van der Waals surface area contributed by atoms with Crippen molar-refractivity contribution in [3.8, 4) is 0 Å². The maximum Gasteiger partial charge on any atom is 0.0601 e. The molecule has 2 aliphatic rings. The van der Waals surface area contributed by atoms with Gasteiger partial charge in [0.2, 0.25) is 0 Å². The third kappa shape index (κ3) is 183. The zero-order valence-electron chi connectivity index (χ0n) is 78.1. The van der Waals surface area contributed by atoms with Crippen LogP contribution in [-0.2, 0) is 14.2 Å². The Morgan fingerprint density at radius 3 is 0.747 bits per heavy atom. The molecule has 0 aromatic carbocycles. The highest BCUT2D eigenvalue weighted by atomic mass is 16.5. The van der Waals surface area contributed by atoms with Gasteiger partial charge in [-0.2, -0.15) is 0 Å². The van der Waals surface area contributed by atoms with Crippen LogP contribution in [-0.4, -0.2) is 78.4 Å². The summed E-state index contributed by atoms with van der Waals surface area (Å²) in [6.07, 6.45) is 11.8. The van der Waals surface area contributed by atoms with Crippen molar-refractivity contribution < 1.29 is 14.2 Å². The Balaban J connectivity index is -0.0000000897. The predicted molar refractivity (Wildman–Crippen MR) is 447 cm³/mol. The molecule has 95 heavy (non-hydrogen) atoms. The van der Waals surface area contributed by atoms with E-state index in [0.717, 1.165) is 48.7 Å². The van der Waals surface area contributed by atoms with Gasteiger partial charge in [0.25, 0.3) is 0 Å². The van der Waals surface area contributed by atoms with Crippen LogP contribution >= 0.6 is 0 Å². The molecular formula is C88H202N4O3. The van der Waals surface area contributed by atoms with Crippen LogP contribution in [0.1, 0.15) is 425 Å². The van der Waals surface area contributed by atoms with Crippen molar-refractivity contribution in [1.82, 2.24) is 16.0 Å². The lowest BCUT2D eigenvalue weighted by Crippen LogP contribution is -2.40. The van der Waals surface area contributed by atoms with E-state index in [0.29, 0.717) is 56.1 Å². The van der Waals surface area contributed by atoms with E-state index in [-0.39, 0.29) is 33.4 Å². The van der Waals surface area contributed by atoms with Gasteiger partial charge in [-0.1, -0.05) is 227 Å². The second kappa shape index (κ2) is 55.3. The average molecular weight is 1360 g/mol. The van der Waals surface area contributed by atoms with E-state index in [1.54, 1.807) is 7.11 Å². The van der Waals surface area contributed by atoms with Crippen molar-refractivity contribution in [3.05, 3.63) is 0 Å². The van der Waals surface area contributed by atoms with Crippen molar-refractivity contribution in [3.63, 3.8) is 0 Å². The molecule has 0 amide bonds. The van der Waals surface area contributed by atoms with Gasteiger partial charge in [0.1, 0.15) is 0 Å². The van der Waals surface area contributed by atoms with Crippen LogP contribution in [0.5, 0.6) is 0 Å². The van der Waals surface area contributed by atoms with Crippen LogP contribution in [0.15, 0.2) is 0 Å². The Kier molecular flexibility index (Phi) is 69.1. The smallest absolute Gasteiger partial charge is 0.0601 e. The first kappa shape index (κ1) is 119. The van der Waals surface area contributed by atoms with Crippen molar-refractivity contribution >= 4 is 0 Å². The van der Waals surface area contributed by atoms with Crippen LogP contribution in [0.3, 0.4) is 0 Å². The minimum atomic E-state index is 0. The molecule has 7 heteroatoms.